The molecular formula is C22H31N5O. The first-order chi connectivity index (χ1) is 13.8. The third-order valence-corrected chi connectivity index (χ3v) is 5.04. The van der Waals surface area contributed by atoms with Gasteiger partial charge in [0.2, 0.25) is 0 Å². The normalized spacial score (nSPS) is 15.1. The van der Waals surface area contributed by atoms with E-state index < -0.39 is 0 Å². The second-order valence-corrected chi connectivity index (χ2v) is 7.05. The molecule has 0 aliphatic carbocycles. The van der Waals surface area contributed by atoms with Crippen LogP contribution in [-0.2, 0) is 13.1 Å². The molecule has 0 bridgehead atoms. The van der Waals surface area contributed by atoms with Crippen molar-refractivity contribution in [3.05, 3.63) is 53.7 Å². The number of nitrogens with zero attached hydrogens (tertiary/aromatic N) is 3. The molecule has 0 unspecified atom stereocenters. The first-order valence-corrected chi connectivity index (χ1v) is 10.1. The first-order valence-electron chi connectivity index (χ1n) is 10.1. The molecule has 1 fully saturated rings. The van der Waals surface area contributed by atoms with Crippen molar-refractivity contribution in [2.45, 2.75) is 38.8 Å². The molecule has 2 N–H and O–H groups in total. The Balaban J connectivity index is 1.47. The van der Waals surface area contributed by atoms with E-state index in [2.05, 4.69) is 37.6 Å². The van der Waals surface area contributed by atoms with Crippen molar-refractivity contribution in [1.82, 2.24) is 15.6 Å². The SMILES string of the molecule is CN=C(NCc1ccc(OC)cc1)NCc1ccc(N2CCCCCC2)nc1. The summed E-state index contributed by atoms with van der Waals surface area (Å²) >= 11 is 0. The molecule has 1 aliphatic heterocycles. The van der Waals surface area contributed by atoms with E-state index in [1.165, 1.54) is 31.2 Å². The molecule has 1 aliphatic rings. The lowest BCUT2D eigenvalue weighted by molar-refractivity contribution is 0.414. The highest BCUT2D eigenvalue weighted by atomic mass is 16.5. The molecule has 0 atom stereocenters. The summed E-state index contributed by atoms with van der Waals surface area (Å²) in [5, 5.41) is 6.68. The van der Waals surface area contributed by atoms with Crippen LogP contribution in [0.1, 0.15) is 36.8 Å². The number of aliphatic imine (C=N–C) groups is 1. The van der Waals surface area contributed by atoms with Crippen LogP contribution in [0.15, 0.2) is 47.6 Å². The summed E-state index contributed by atoms with van der Waals surface area (Å²) in [6, 6.07) is 12.3. The van der Waals surface area contributed by atoms with Crippen LogP contribution in [-0.4, -0.2) is 38.2 Å². The fraction of sp³-hybridized carbons (Fsp3) is 0.455. The molecule has 0 saturated carbocycles. The maximum absolute atomic E-state index is 5.19. The molecule has 28 heavy (non-hydrogen) atoms. The minimum absolute atomic E-state index is 0.690. The molecule has 150 valence electrons. The van der Waals surface area contributed by atoms with E-state index in [0.29, 0.717) is 13.1 Å². The highest BCUT2D eigenvalue weighted by Gasteiger charge is 2.10. The topological polar surface area (TPSA) is 61.8 Å². The molecule has 1 aromatic carbocycles. The van der Waals surface area contributed by atoms with Gasteiger partial charge in [0.05, 0.1) is 7.11 Å². The lowest BCUT2D eigenvalue weighted by Crippen LogP contribution is -2.36. The zero-order valence-electron chi connectivity index (χ0n) is 16.9. The Hall–Kier alpha value is -2.76. The van der Waals surface area contributed by atoms with E-state index in [-0.39, 0.29) is 0 Å². The van der Waals surface area contributed by atoms with Crippen LogP contribution in [0.5, 0.6) is 5.75 Å². The van der Waals surface area contributed by atoms with E-state index in [0.717, 1.165) is 36.2 Å². The smallest absolute Gasteiger partial charge is 0.191 e. The minimum Gasteiger partial charge on any atom is -0.497 e. The Morgan fingerprint density at radius 2 is 1.61 bits per heavy atom. The Kier molecular flexibility index (Phi) is 7.53. The summed E-state index contributed by atoms with van der Waals surface area (Å²) in [5.74, 6) is 2.72. The van der Waals surface area contributed by atoms with Crippen LogP contribution in [0.25, 0.3) is 0 Å². The number of aromatic nitrogens is 1. The lowest BCUT2D eigenvalue weighted by Gasteiger charge is -2.21. The summed E-state index contributed by atoms with van der Waals surface area (Å²) in [6.07, 6.45) is 7.16. The van der Waals surface area contributed by atoms with Gasteiger partial charge >= 0.3 is 0 Å². The number of methoxy groups -OCH3 is 1. The molecule has 6 nitrogen and oxygen atoms in total. The van der Waals surface area contributed by atoms with Gasteiger partial charge in [0.1, 0.15) is 11.6 Å². The third-order valence-electron chi connectivity index (χ3n) is 5.04. The van der Waals surface area contributed by atoms with Gasteiger partial charge in [0, 0.05) is 39.4 Å². The molecule has 0 radical (unpaired) electrons. The zero-order chi connectivity index (χ0) is 19.6. The highest BCUT2D eigenvalue weighted by molar-refractivity contribution is 5.79. The molecule has 0 amide bonds. The van der Waals surface area contributed by atoms with Crippen LogP contribution < -0.4 is 20.3 Å². The van der Waals surface area contributed by atoms with Crippen molar-refractivity contribution in [2.75, 3.05) is 32.1 Å². The summed E-state index contributed by atoms with van der Waals surface area (Å²) in [7, 11) is 3.46. The maximum Gasteiger partial charge on any atom is 0.191 e. The molecule has 2 aromatic rings. The van der Waals surface area contributed by atoms with Crippen LogP contribution in [0.2, 0.25) is 0 Å². The Bertz CT molecular complexity index is 735. The predicted octanol–water partition coefficient (Wildman–Crippen LogP) is 3.34. The fourth-order valence-corrected chi connectivity index (χ4v) is 3.34. The van der Waals surface area contributed by atoms with Crippen molar-refractivity contribution in [2.24, 2.45) is 4.99 Å². The van der Waals surface area contributed by atoms with Crippen molar-refractivity contribution in [3.8, 4) is 5.75 Å². The van der Waals surface area contributed by atoms with Crippen molar-refractivity contribution < 1.29 is 4.74 Å². The Morgan fingerprint density at radius 3 is 2.18 bits per heavy atom. The van der Waals surface area contributed by atoms with Crippen LogP contribution in [0, 0.1) is 0 Å². The quantitative estimate of drug-likeness (QED) is 0.594. The van der Waals surface area contributed by atoms with E-state index in [9.17, 15) is 0 Å². The first kappa shape index (κ1) is 20.0. The van der Waals surface area contributed by atoms with Gasteiger partial charge in [-0.1, -0.05) is 31.0 Å². The van der Waals surface area contributed by atoms with Gasteiger partial charge in [0.25, 0.3) is 0 Å². The van der Waals surface area contributed by atoms with Gasteiger partial charge in [-0.25, -0.2) is 4.98 Å². The zero-order valence-corrected chi connectivity index (χ0v) is 16.9. The highest BCUT2D eigenvalue weighted by Crippen LogP contribution is 2.17. The molecule has 2 heterocycles. The summed E-state index contributed by atoms with van der Waals surface area (Å²) in [6.45, 7) is 3.63. The van der Waals surface area contributed by atoms with E-state index in [4.69, 9.17) is 4.74 Å². The molecule has 0 spiro atoms. The monoisotopic (exact) mass is 381 g/mol. The van der Waals surface area contributed by atoms with Crippen LogP contribution >= 0.6 is 0 Å². The molecule has 6 heteroatoms. The number of benzene rings is 1. The number of nitrogens with one attached hydrogen (secondary N) is 2. The van der Waals surface area contributed by atoms with E-state index >= 15 is 0 Å². The van der Waals surface area contributed by atoms with Crippen molar-refractivity contribution in [1.29, 1.82) is 0 Å². The molecule has 3 rings (SSSR count). The second-order valence-electron chi connectivity index (χ2n) is 7.05. The number of hydrogen-bond donors (Lipinski definition) is 2. The summed E-state index contributed by atoms with van der Waals surface area (Å²) in [4.78, 5) is 11.4. The summed E-state index contributed by atoms with van der Waals surface area (Å²) < 4.78 is 5.19. The predicted molar refractivity (Wildman–Crippen MR) is 115 cm³/mol. The molecular weight excluding hydrogens is 350 g/mol. The van der Waals surface area contributed by atoms with Crippen LogP contribution in [0.4, 0.5) is 5.82 Å². The van der Waals surface area contributed by atoms with E-state index in [1.807, 2.05) is 30.5 Å². The number of ether oxygens (including phenoxy) is 1. The number of hydrogen-bond acceptors (Lipinski definition) is 4. The van der Waals surface area contributed by atoms with Gasteiger partial charge < -0.3 is 20.3 Å². The number of guanidine groups is 1. The van der Waals surface area contributed by atoms with Gasteiger partial charge in [-0.3, -0.25) is 4.99 Å². The molecule has 1 aromatic heterocycles. The van der Waals surface area contributed by atoms with Crippen molar-refractivity contribution >= 4 is 11.8 Å². The second kappa shape index (κ2) is 10.5. The standard InChI is InChI=1S/C22H31N5O/c1-23-22(25-15-18-7-10-20(28-2)11-8-18)26-17-19-9-12-21(24-16-19)27-13-5-3-4-6-14-27/h7-12,16H,3-6,13-15,17H2,1-2H3,(H2,23,25,26). The van der Waals surface area contributed by atoms with E-state index in [1.54, 1.807) is 14.2 Å². The average Bonchev–Trinajstić information content (AvgIpc) is 3.04. The fourth-order valence-electron chi connectivity index (χ4n) is 3.34. The molecule has 1 saturated heterocycles. The average molecular weight is 382 g/mol. The third kappa shape index (κ3) is 5.87. The minimum atomic E-state index is 0.690. The number of pyridine rings is 1. The van der Waals surface area contributed by atoms with Crippen LogP contribution in [0.3, 0.4) is 0 Å². The van der Waals surface area contributed by atoms with Crippen molar-refractivity contribution in [3.63, 3.8) is 0 Å². The summed E-state index contributed by atoms with van der Waals surface area (Å²) in [5.41, 5.74) is 2.32. The number of rotatable bonds is 6. The Morgan fingerprint density at radius 1 is 0.964 bits per heavy atom. The largest absolute Gasteiger partial charge is 0.497 e. The Labute approximate surface area is 168 Å². The maximum atomic E-state index is 5.19. The van der Waals surface area contributed by atoms with Gasteiger partial charge in [-0.05, 0) is 42.2 Å². The lowest BCUT2D eigenvalue weighted by atomic mass is 10.2. The number of anilines is 1. The van der Waals surface area contributed by atoms with Gasteiger partial charge in [-0.2, -0.15) is 0 Å². The van der Waals surface area contributed by atoms with Gasteiger partial charge in [0.15, 0.2) is 5.96 Å². The van der Waals surface area contributed by atoms with Gasteiger partial charge in [-0.15, -0.1) is 0 Å².